The van der Waals surface area contributed by atoms with Crippen LogP contribution in [0, 0.1) is 6.92 Å². The fourth-order valence-electron chi connectivity index (χ4n) is 3.81. The highest BCUT2D eigenvalue weighted by Crippen LogP contribution is 2.42. The number of alkyl halides is 3. The molecule has 2 aromatic carbocycles. The second kappa shape index (κ2) is 8.59. The molecule has 0 bridgehead atoms. The Morgan fingerprint density at radius 3 is 2.49 bits per heavy atom. The Bertz CT molecular complexity index is 1540. The molecule has 0 radical (unpaired) electrons. The van der Waals surface area contributed by atoms with Crippen LogP contribution >= 0.6 is 11.3 Å². The lowest BCUT2D eigenvalue weighted by atomic mass is 10.0. The molecule has 1 amide bonds. The Balaban J connectivity index is 1.63. The van der Waals surface area contributed by atoms with Gasteiger partial charge >= 0.3 is 6.18 Å². The Hall–Kier alpha value is -4.11. The van der Waals surface area contributed by atoms with Crippen LogP contribution < -0.4 is 11.1 Å². The molecule has 5 rings (SSSR count). The second-order valence-electron chi connectivity index (χ2n) is 7.92. The van der Waals surface area contributed by atoms with E-state index < -0.39 is 17.6 Å². The van der Waals surface area contributed by atoms with Gasteiger partial charge in [0.25, 0.3) is 5.91 Å². The predicted molar refractivity (Wildman–Crippen MR) is 131 cm³/mol. The molecule has 0 saturated carbocycles. The number of nitrogens with two attached hydrogens (primary N) is 1. The summed E-state index contributed by atoms with van der Waals surface area (Å²) in [5, 5.41) is 2.87. The number of aryl methyl sites for hydroxylation is 1. The van der Waals surface area contributed by atoms with Gasteiger partial charge in [-0.05, 0) is 37.3 Å². The minimum Gasteiger partial charge on any atom is -0.464 e. The van der Waals surface area contributed by atoms with Gasteiger partial charge in [0, 0.05) is 16.5 Å². The van der Waals surface area contributed by atoms with E-state index in [9.17, 15) is 18.0 Å². The number of furan rings is 1. The van der Waals surface area contributed by atoms with Gasteiger partial charge in [0.2, 0.25) is 0 Å². The highest BCUT2D eigenvalue weighted by Gasteiger charge is 2.34. The second-order valence-corrected chi connectivity index (χ2v) is 8.92. The van der Waals surface area contributed by atoms with Crippen molar-refractivity contribution >= 4 is 38.8 Å². The lowest BCUT2D eigenvalue weighted by Gasteiger charge is -2.13. The van der Waals surface area contributed by atoms with Crippen molar-refractivity contribution in [3.63, 3.8) is 0 Å². The molecule has 0 saturated heterocycles. The number of carbonyl (C=O) groups excluding carboxylic acids is 1. The van der Waals surface area contributed by atoms with Gasteiger partial charge in [-0.3, -0.25) is 4.79 Å². The number of carbonyl (C=O) groups is 1. The summed E-state index contributed by atoms with van der Waals surface area (Å²) < 4.78 is 45.8. The number of nitrogens with one attached hydrogen (secondary N) is 1. The van der Waals surface area contributed by atoms with Gasteiger partial charge < -0.3 is 15.5 Å². The minimum absolute atomic E-state index is 0.0679. The molecular weight excluding hydrogens is 475 g/mol. The van der Waals surface area contributed by atoms with Crippen LogP contribution in [-0.2, 0) is 6.18 Å². The van der Waals surface area contributed by atoms with E-state index in [0.717, 1.165) is 28.5 Å². The molecule has 0 aliphatic carbocycles. The maximum atomic E-state index is 13.4. The van der Waals surface area contributed by atoms with Crippen LogP contribution in [0.15, 0.2) is 77.4 Å². The smallest absolute Gasteiger partial charge is 0.418 e. The molecule has 0 fully saturated rings. The molecule has 0 aliphatic rings. The summed E-state index contributed by atoms with van der Waals surface area (Å²) in [6.07, 6.45) is -3.09. The number of hydrogen-bond donors (Lipinski definition) is 2. The van der Waals surface area contributed by atoms with Crippen molar-refractivity contribution in [3.05, 3.63) is 89.0 Å². The summed E-state index contributed by atoms with van der Waals surface area (Å²) in [5.41, 5.74) is 8.47. The third-order valence-electron chi connectivity index (χ3n) is 5.52. The summed E-state index contributed by atoms with van der Waals surface area (Å²) in [4.78, 5) is 18.3. The van der Waals surface area contributed by atoms with E-state index in [-0.39, 0.29) is 16.3 Å². The molecule has 9 heteroatoms. The van der Waals surface area contributed by atoms with Crippen LogP contribution in [-0.4, -0.2) is 10.9 Å². The molecular formula is C26H18F3N3O2S. The number of hydrogen-bond acceptors (Lipinski definition) is 5. The van der Waals surface area contributed by atoms with Crippen molar-refractivity contribution in [1.82, 2.24) is 4.98 Å². The Morgan fingerprint density at radius 1 is 1.06 bits per heavy atom. The summed E-state index contributed by atoms with van der Waals surface area (Å²) in [6, 6.07) is 17.9. The average Bonchev–Trinajstić information content (AvgIpc) is 3.47. The molecule has 3 aromatic heterocycles. The molecule has 3 heterocycles. The molecule has 0 aliphatic heterocycles. The van der Waals surface area contributed by atoms with Crippen molar-refractivity contribution in [1.29, 1.82) is 0 Å². The maximum Gasteiger partial charge on any atom is 0.418 e. The first-order chi connectivity index (χ1) is 16.7. The number of para-hydroxylation sites is 1. The van der Waals surface area contributed by atoms with E-state index in [2.05, 4.69) is 5.32 Å². The van der Waals surface area contributed by atoms with Crippen molar-refractivity contribution in [2.75, 3.05) is 11.1 Å². The highest BCUT2D eigenvalue weighted by molar-refractivity contribution is 7.21. The number of pyridine rings is 1. The number of thiophene rings is 1. The lowest BCUT2D eigenvalue weighted by molar-refractivity contribution is -0.136. The van der Waals surface area contributed by atoms with Gasteiger partial charge in [0.15, 0.2) is 0 Å². The zero-order valence-electron chi connectivity index (χ0n) is 18.3. The van der Waals surface area contributed by atoms with E-state index in [1.54, 1.807) is 12.1 Å². The Labute approximate surface area is 202 Å². The van der Waals surface area contributed by atoms with Crippen LogP contribution in [0.5, 0.6) is 0 Å². The molecule has 0 spiro atoms. The van der Waals surface area contributed by atoms with Gasteiger partial charge in [-0.25, -0.2) is 4.98 Å². The fraction of sp³-hybridized carbons (Fsp3) is 0.0769. The third kappa shape index (κ3) is 4.26. The quantitative estimate of drug-likeness (QED) is 0.274. The van der Waals surface area contributed by atoms with E-state index in [1.165, 1.54) is 24.5 Å². The average molecular weight is 494 g/mol. The van der Waals surface area contributed by atoms with Gasteiger partial charge in [-0.1, -0.05) is 42.0 Å². The van der Waals surface area contributed by atoms with E-state index in [4.69, 9.17) is 15.1 Å². The number of fused-ring (bicyclic) bond motifs is 1. The third-order valence-corrected chi connectivity index (χ3v) is 6.62. The minimum atomic E-state index is -4.62. The van der Waals surface area contributed by atoms with Gasteiger partial charge in [-0.2, -0.15) is 13.2 Å². The zero-order chi connectivity index (χ0) is 24.7. The van der Waals surface area contributed by atoms with Crippen molar-refractivity contribution < 1.29 is 22.4 Å². The first kappa shape index (κ1) is 22.7. The summed E-state index contributed by atoms with van der Waals surface area (Å²) in [6.45, 7) is 1.98. The van der Waals surface area contributed by atoms with E-state index in [0.29, 0.717) is 27.2 Å². The topological polar surface area (TPSA) is 81.1 Å². The van der Waals surface area contributed by atoms with Crippen LogP contribution in [0.2, 0.25) is 0 Å². The van der Waals surface area contributed by atoms with Crippen molar-refractivity contribution in [2.24, 2.45) is 0 Å². The van der Waals surface area contributed by atoms with E-state index >= 15 is 0 Å². The maximum absolute atomic E-state index is 13.4. The molecule has 3 N–H and O–H groups in total. The number of aromatic nitrogens is 1. The molecule has 0 unspecified atom stereocenters. The standard InChI is InChI=1S/C26H18F3N3O2S/c1-14-8-10-15(11-9-14)19-13-16(20-7-4-12-34-20)21-22(30)23(35-25(21)32-19)24(33)31-18-6-3-2-5-17(18)26(27,28)29/h2-13H,30H2,1H3,(H,31,33). The molecule has 5 nitrogen and oxygen atoms in total. The normalized spacial score (nSPS) is 11.7. The number of nitrogens with zero attached hydrogens (tertiary/aromatic N) is 1. The summed E-state index contributed by atoms with van der Waals surface area (Å²) in [5.74, 6) is -0.214. The molecule has 176 valence electrons. The van der Waals surface area contributed by atoms with Crippen LogP contribution in [0.1, 0.15) is 20.8 Å². The van der Waals surface area contributed by atoms with Crippen molar-refractivity contribution in [2.45, 2.75) is 13.1 Å². The van der Waals surface area contributed by atoms with Gasteiger partial charge in [-0.15, -0.1) is 11.3 Å². The predicted octanol–water partition coefficient (Wildman–Crippen LogP) is 7.39. The van der Waals surface area contributed by atoms with Crippen LogP contribution in [0.4, 0.5) is 24.5 Å². The number of halogens is 3. The molecule has 35 heavy (non-hydrogen) atoms. The number of nitrogen functional groups attached to an aromatic ring is 1. The van der Waals surface area contributed by atoms with Gasteiger partial charge in [0.1, 0.15) is 15.5 Å². The monoisotopic (exact) mass is 493 g/mol. The summed E-state index contributed by atoms with van der Waals surface area (Å²) in [7, 11) is 0. The number of benzene rings is 2. The van der Waals surface area contributed by atoms with Gasteiger partial charge in [0.05, 0.1) is 28.9 Å². The fourth-order valence-corrected chi connectivity index (χ4v) is 4.82. The molecule has 5 aromatic rings. The van der Waals surface area contributed by atoms with Crippen LogP contribution in [0.3, 0.4) is 0 Å². The SMILES string of the molecule is Cc1ccc(-c2cc(-c3ccco3)c3c(N)c(C(=O)Nc4ccccc4C(F)(F)F)sc3n2)cc1. The number of rotatable bonds is 4. The highest BCUT2D eigenvalue weighted by atomic mass is 32.1. The first-order valence-corrected chi connectivity index (χ1v) is 11.4. The van der Waals surface area contributed by atoms with E-state index in [1.807, 2.05) is 37.3 Å². The number of amides is 1. The number of anilines is 2. The van der Waals surface area contributed by atoms with Crippen molar-refractivity contribution in [3.8, 4) is 22.6 Å². The Kier molecular flexibility index (Phi) is 5.56. The molecule has 0 atom stereocenters. The summed E-state index contributed by atoms with van der Waals surface area (Å²) >= 11 is 1.02. The largest absolute Gasteiger partial charge is 0.464 e. The Morgan fingerprint density at radius 2 is 1.80 bits per heavy atom. The lowest BCUT2D eigenvalue weighted by Crippen LogP contribution is -2.16. The van der Waals surface area contributed by atoms with Crippen LogP contribution in [0.25, 0.3) is 32.8 Å². The first-order valence-electron chi connectivity index (χ1n) is 10.5. The zero-order valence-corrected chi connectivity index (χ0v) is 19.1.